The van der Waals surface area contributed by atoms with Gasteiger partial charge in [0.05, 0.1) is 0 Å². The maximum absolute atomic E-state index is 7.01. The Labute approximate surface area is 424 Å². The number of rotatable bonds is 8. The fourth-order valence-corrected chi connectivity index (χ4v) is 9.40. The molecule has 0 saturated heterocycles. The van der Waals surface area contributed by atoms with Gasteiger partial charge in [0.25, 0.3) is 0 Å². The van der Waals surface area contributed by atoms with Crippen LogP contribution in [0, 0.1) is 18.8 Å². The SMILES string of the molecule is CC(C)(C)c1cc(-c2ccccc2)cc(N2[CH-]N(c3[c-]c(Oc4[c-]c5c(cc4)c4ccccc4n5-c4cc(C(C)(C)C)ccn4)cc(C(C)(C)c4ccccc4)c3)c3ccc(C(C)(C)C)cc32)c1.[Pt]. The first-order valence-corrected chi connectivity index (χ1v) is 23.9. The zero-order valence-corrected chi connectivity index (χ0v) is 44.0. The molecule has 352 valence electrons. The van der Waals surface area contributed by atoms with Crippen LogP contribution in [0.2, 0.25) is 0 Å². The van der Waals surface area contributed by atoms with Gasteiger partial charge in [0.2, 0.25) is 0 Å². The molecule has 3 heterocycles. The van der Waals surface area contributed by atoms with Crippen LogP contribution in [0.4, 0.5) is 22.7 Å². The molecule has 2 aromatic heterocycles. The van der Waals surface area contributed by atoms with Crippen LogP contribution in [0.1, 0.15) is 104 Å². The van der Waals surface area contributed by atoms with Gasteiger partial charge in [-0.2, -0.15) is 6.07 Å². The van der Waals surface area contributed by atoms with Gasteiger partial charge in [0.1, 0.15) is 5.82 Å². The molecule has 6 heteroatoms. The number of aromatic nitrogens is 2. The summed E-state index contributed by atoms with van der Waals surface area (Å²) in [7, 11) is 0. The molecule has 1 aliphatic rings. The van der Waals surface area contributed by atoms with Gasteiger partial charge in [-0.25, -0.2) is 4.98 Å². The molecule has 0 atom stereocenters. The van der Waals surface area contributed by atoms with E-state index in [9.17, 15) is 0 Å². The van der Waals surface area contributed by atoms with Crippen molar-refractivity contribution in [3.8, 4) is 28.4 Å². The second kappa shape index (κ2) is 17.8. The number of hydrogen-bond donors (Lipinski definition) is 0. The van der Waals surface area contributed by atoms with E-state index in [4.69, 9.17) is 9.72 Å². The quantitative estimate of drug-likeness (QED) is 0.142. The molecule has 0 spiro atoms. The van der Waals surface area contributed by atoms with E-state index in [1.165, 1.54) is 33.4 Å². The van der Waals surface area contributed by atoms with E-state index in [1.54, 1.807) is 0 Å². The zero-order valence-electron chi connectivity index (χ0n) is 41.7. The Balaban J connectivity index is 0.00000593. The summed E-state index contributed by atoms with van der Waals surface area (Å²) < 4.78 is 9.22. The third kappa shape index (κ3) is 9.15. The van der Waals surface area contributed by atoms with Crippen molar-refractivity contribution >= 4 is 44.6 Å². The first-order chi connectivity index (χ1) is 32.3. The summed E-state index contributed by atoms with van der Waals surface area (Å²) in [5, 5.41) is 2.23. The molecule has 7 aromatic carbocycles. The minimum atomic E-state index is -0.378. The van der Waals surface area contributed by atoms with Gasteiger partial charge >= 0.3 is 0 Å². The first kappa shape index (κ1) is 47.6. The maximum Gasteiger partial charge on any atom is 0.135 e. The van der Waals surface area contributed by atoms with E-state index < -0.39 is 0 Å². The molecular weight excluding hydrogens is 1020 g/mol. The summed E-state index contributed by atoms with van der Waals surface area (Å²) in [6.07, 6.45) is 1.91. The van der Waals surface area contributed by atoms with Gasteiger partial charge < -0.3 is 19.1 Å². The number of fused-ring (bicyclic) bond motifs is 4. The summed E-state index contributed by atoms with van der Waals surface area (Å²) in [4.78, 5) is 9.56. The van der Waals surface area contributed by atoms with Crippen LogP contribution in [0.3, 0.4) is 0 Å². The zero-order chi connectivity index (χ0) is 47.8. The Hall–Kier alpha value is -6.42. The fraction of sp³-hybridized carbons (Fsp3) is 0.238. The van der Waals surface area contributed by atoms with E-state index in [2.05, 4.69) is 261 Å². The molecule has 5 nitrogen and oxygen atoms in total. The summed E-state index contributed by atoms with van der Waals surface area (Å²) in [5.41, 5.74) is 14.0. The molecule has 0 unspecified atom stereocenters. The molecule has 1 aliphatic heterocycles. The van der Waals surface area contributed by atoms with Crippen LogP contribution in [-0.2, 0) is 42.7 Å². The Bertz CT molecular complexity index is 3330. The summed E-state index contributed by atoms with van der Waals surface area (Å²) in [6, 6.07) is 64.3. The van der Waals surface area contributed by atoms with Crippen molar-refractivity contribution in [3.05, 3.63) is 211 Å². The molecule has 0 N–H and O–H groups in total. The van der Waals surface area contributed by atoms with E-state index in [0.717, 1.165) is 55.9 Å². The van der Waals surface area contributed by atoms with Crippen molar-refractivity contribution in [2.24, 2.45) is 0 Å². The summed E-state index contributed by atoms with van der Waals surface area (Å²) in [5.74, 6) is 2.05. The molecule has 0 amide bonds. The van der Waals surface area contributed by atoms with E-state index in [-0.39, 0.29) is 42.7 Å². The summed E-state index contributed by atoms with van der Waals surface area (Å²) in [6.45, 7) is 27.2. The topological polar surface area (TPSA) is 33.5 Å². The summed E-state index contributed by atoms with van der Waals surface area (Å²) >= 11 is 0. The maximum atomic E-state index is 7.01. The Morgan fingerprint density at radius 2 is 1.14 bits per heavy atom. The van der Waals surface area contributed by atoms with Crippen molar-refractivity contribution in [3.63, 3.8) is 0 Å². The third-order valence-electron chi connectivity index (χ3n) is 13.7. The standard InChI is InChI=1S/C63H61N4O.Pt/c1-60(2,3)45-26-29-56-58(37-45)66(49-33-43(42-20-14-12-15-21-42)32-47(34-49)62(7,8)9)41-65(56)50-35-48(63(10,11)44-22-16-13-17-23-44)36-52(39-50)68-51-27-28-54-53-24-18-19-25-55(53)67(57(54)40-51)59-38-46(30-31-64-59)61(4,5)6;/h12-38,41H,1-11H3;/q-3;. The number of anilines is 4. The predicted octanol–water partition coefficient (Wildman–Crippen LogP) is 16.9. The van der Waals surface area contributed by atoms with Crippen LogP contribution in [0.25, 0.3) is 38.8 Å². The minimum absolute atomic E-state index is 0. The number of ether oxygens (including phenoxy) is 1. The van der Waals surface area contributed by atoms with E-state index in [0.29, 0.717) is 11.5 Å². The largest absolute Gasteiger partial charge is 0.509 e. The Morgan fingerprint density at radius 3 is 1.86 bits per heavy atom. The normalized spacial score (nSPS) is 13.2. The Morgan fingerprint density at radius 1 is 0.478 bits per heavy atom. The van der Waals surface area contributed by atoms with Gasteiger partial charge in [0, 0.05) is 61.3 Å². The van der Waals surface area contributed by atoms with Gasteiger partial charge in [-0.15, -0.1) is 53.6 Å². The number of benzene rings is 7. The van der Waals surface area contributed by atoms with Crippen LogP contribution < -0.4 is 14.5 Å². The van der Waals surface area contributed by atoms with Gasteiger partial charge in [-0.05, 0) is 103 Å². The molecule has 10 rings (SSSR count). The van der Waals surface area contributed by atoms with E-state index >= 15 is 0 Å². The monoisotopic (exact) mass is 1080 g/mol. The number of pyridine rings is 1. The van der Waals surface area contributed by atoms with Gasteiger partial charge in [-0.3, -0.25) is 0 Å². The van der Waals surface area contributed by atoms with Crippen molar-refractivity contribution in [2.45, 2.75) is 97.8 Å². The Kier molecular flexibility index (Phi) is 12.3. The fourth-order valence-electron chi connectivity index (χ4n) is 9.40. The minimum Gasteiger partial charge on any atom is -0.509 e. The second-order valence-corrected chi connectivity index (χ2v) is 22.0. The van der Waals surface area contributed by atoms with Crippen molar-refractivity contribution < 1.29 is 25.8 Å². The molecule has 0 bridgehead atoms. The van der Waals surface area contributed by atoms with Gasteiger partial charge in [-0.1, -0.05) is 173 Å². The van der Waals surface area contributed by atoms with Crippen molar-refractivity contribution in [2.75, 3.05) is 9.80 Å². The van der Waals surface area contributed by atoms with Crippen LogP contribution in [-0.4, -0.2) is 9.55 Å². The molecule has 0 radical (unpaired) electrons. The molecule has 0 saturated carbocycles. The van der Waals surface area contributed by atoms with Crippen LogP contribution >= 0.6 is 0 Å². The number of nitrogens with zero attached hydrogens (tertiary/aromatic N) is 4. The molecular formula is C63H61N4OPt-3. The molecule has 0 fully saturated rings. The second-order valence-electron chi connectivity index (χ2n) is 22.0. The van der Waals surface area contributed by atoms with Crippen molar-refractivity contribution in [1.82, 2.24) is 9.55 Å². The van der Waals surface area contributed by atoms with Crippen LogP contribution in [0.15, 0.2) is 164 Å². The molecule has 0 aliphatic carbocycles. The first-order valence-electron chi connectivity index (χ1n) is 23.9. The molecule has 69 heavy (non-hydrogen) atoms. The number of hydrogen-bond acceptors (Lipinski definition) is 4. The van der Waals surface area contributed by atoms with Crippen molar-refractivity contribution in [1.29, 1.82) is 0 Å². The average Bonchev–Trinajstić information content (AvgIpc) is 3.87. The smallest absolute Gasteiger partial charge is 0.135 e. The van der Waals surface area contributed by atoms with Gasteiger partial charge in [0.15, 0.2) is 0 Å². The van der Waals surface area contributed by atoms with Crippen LogP contribution in [0.5, 0.6) is 11.5 Å². The third-order valence-corrected chi connectivity index (χ3v) is 13.7. The van der Waals surface area contributed by atoms with E-state index in [1.807, 2.05) is 12.3 Å². The number of para-hydroxylation sites is 1. The predicted molar refractivity (Wildman–Crippen MR) is 284 cm³/mol. The molecule has 9 aromatic rings. The average molecular weight is 1090 g/mol.